The molecule has 0 radical (unpaired) electrons. The third-order valence-electron chi connectivity index (χ3n) is 3.06. The first-order valence-corrected chi connectivity index (χ1v) is 6.27. The predicted octanol–water partition coefficient (Wildman–Crippen LogP) is 3.23. The summed E-state index contributed by atoms with van der Waals surface area (Å²) < 4.78 is 2.22. The van der Waals surface area contributed by atoms with Crippen LogP contribution in [0.2, 0.25) is 0 Å². The summed E-state index contributed by atoms with van der Waals surface area (Å²) in [6.07, 6.45) is 2.23. The quantitative estimate of drug-likeness (QED) is 0.898. The number of carboxylic acid groups (broad SMARTS) is 1. The lowest BCUT2D eigenvalue weighted by Gasteiger charge is -2.08. The van der Waals surface area contributed by atoms with Crippen molar-refractivity contribution in [2.75, 3.05) is 0 Å². The van der Waals surface area contributed by atoms with Gasteiger partial charge in [-0.05, 0) is 30.0 Å². The summed E-state index contributed by atoms with van der Waals surface area (Å²) in [7, 11) is 0. The van der Waals surface area contributed by atoms with Crippen molar-refractivity contribution in [1.82, 2.24) is 4.57 Å². The van der Waals surface area contributed by atoms with E-state index >= 15 is 0 Å². The minimum atomic E-state index is -0.784. The van der Waals surface area contributed by atoms with E-state index in [1.807, 2.05) is 18.2 Å². The Bertz CT molecular complexity index is 581. The molecule has 3 nitrogen and oxygen atoms in total. The molecule has 0 fully saturated rings. The van der Waals surface area contributed by atoms with Crippen LogP contribution < -0.4 is 0 Å². The monoisotopic (exact) mass is 245 g/mol. The molecule has 2 aromatic rings. The van der Waals surface area contributed by atoms with E-state index in [2.05, 4.69) is 31.5 Å². The normalized spacial score (nSPS) is 11.3. The van der Waals surface area contributed by atoms with Crippen molar-refractivity contribution in [3.05, 3.63) is 35.5 Å². The van der Waals surface area contributed by atoms with Crippen LogP contribution in [0.5, 0.6) is 0 Å². The molecule has 1 aromatic heterocycles. The number of fused-ring (bicyclic) bond motifs is 1. The Balaban J connectivity index is 2.48. The van der Waals surface area contributed by atoms with Crippen LogP contribution in [0.1, 0.15) is 25.0 Å². The molecule has 2 rings (SSSR count). The Morgan fingerprint density at radius 3 is 2.72 bits per heavy atom. The SMILES string of the molecule is Cc1cn(CC(C)C)c2cc(CC(=O)O)ccc12. The summed E-state index contributed by atoms with van der Waals surface area (Å²) in [5, 5.41) is 10.1. The maximum atomic E-state index is 10.8. The average molecular weight is 245 g/mol. The van der Waals surface area contributed by atoms with E-state index in [4.69, 9.17) is 5.11 Å². The number of hydrogen-bond donors (Lipinski definition) is 1. The van der Waals surface area contributed by atoms with Crippen LogP contribution in [0.4, 0.5) is 0 Å². The zero-order chi connectivity index (χ0) is 13.3. The Hall–Kier alpha value is -1.77. The van der Waals surface area contributed by atoms with Crippen LogP contribution in [-0.4, -0.2) is 15.6 Å². The van der Waals surface area contributed by atoms with Gasteiger partial charge in [-0.25, -0.2) is 0 Å². The Morgan fingerprint density at radius 2 is 2.11 bits per heavy atom. The van der Waals surface area contributed by atoms with Crippen molar-refractivity contribution in [3.8, 4) is 0 Å². The molecule has 0 amide bonds. The molecule has 1 heterocycles. The van der Waals surface area contributed by atoms with Crippen LogP contribution in [0.25, 0.3) is 10.9 Å². The van der Waals surface area contributed by atoms with E-state index < -0.39 is 5.97 Å². The van der Waals surface area contributed by atoms with Gasteiger partial charge in [0.2, 0.25) is 0 Å². The molecule has 0 aliphatic carbocycles. The Labute approximate surface area is 107 Å². The number of rotatable bonds is 4. The second-order valence-corrected chi connectivity index (χ2v) is 5.28. The van der Waals surface area contributed by atoms with E-state index in [9.17, 15) is 4.79 Å². The number of aromatic nitrogens is 1. The van der Waals surface area contributed by atoms with Gasteiger partial charge in [-0.3, -0.25) is 4.79 Å². The minimum absolute atomic E-state index is 0.0852. The fourth-order valence-electron chi connectivity index (χ4n) is 2.35. The van der Waals surface area contributed by atoms with Crippen LogP contribution in [0.3, 0.4) is 0 Å². The number of hydrogen-bond acceptors (Lipinski definition) is 1. The fourth-order valence-corrected chi connectivity index (χ4v) is 2.35. The van der Waals surface area contributed by atoms with E-state index in [1.54, 1.807) is 0 Å². The van der Waals surface area contributed by atoms with Crippen LogP contribution in [0, 0.1) is 12.8 Å². The van der Waals surface area contributed by atoms with Crippen molar-refractivity contribution >= 4 is 16.9 Å². The molecular formula is C15H19NO2. The van der Waals surface area contributed by atoms with Crippen molar-refractivity contribution in [2.24, 2.45) is 5.92 Å². The second-order valence-electron chi connectivity index (χ2n) is 5.28. The summed E-state index contributed by atoms with van der Waals surface area (Å²) in [6, 6.07) is 5.93. The third-order valence-corrected chi connectivity index (χ3v) is 3.06. The molecule has 0 saturated carbocycles. The standard InChI is InChI=1S/C15H19NO2/c1-10(2)8-16-9-11(3)13-5-4-12(6-14(13)16)7-15(17)18/h4-6,9-10H,7-8H2,1-3H3,(H,17,18). The number of aryl methyl sites for hydroxylation is 1. The summed E-state index contributed by atoms with van der Waals surface area (Å²) in [6.45, 7) is 7.42. The molecule has 0 saturated heterocycles. The maximum absolute atomic E-state index is 10.8. The van der Waals surface area contributed by atoms with E-state index in [1.165, 1.54) is 10.9 Å². The summed E-state index contributed by atoms with van der Waals surface area (Å²) >= 11 is 0. The number of benzene rings is 1. The molecule has 0 spiro atoms. The second kappa shape index (κ2) is 4.84. The molecule has 0 aliphatic rings. The lowest BCUT2D eigenvalue weighted by atomic mass is 10.1. The zero-order valence-corrected chi connectivity index (χ0v) is 11.1. The Morgan fingerprint density at radius 1 is 1.39 bits per heavy atom. The molecule has 3 heteroatoms. The van der Waals surface area contributed by atoms with Crippen molar-refractivity contribution < 1.29 is 9.90 Å². The molecule has 0 aliphatic heterocycles. The fraction of sp³-hybridized carbons (Fsp3) is 0.400. The van der Waals surface area contributed by atoms with E-state index in [0.29, 0.717) is 5.92 Å². The largest absolute Gasteiger partial charge is 0.481 e. The van der Waals surface area contributed by atoms with Gasteiger partial charge >= 0.3 is 5.97 Å². The zero-order valence-electron chi connectivity index (χ0n) is 11.1. The minimum Gasteiger partial charge on any atom is -0.481 e. The highest BCUT2D eigenvalue weighted by molar-refractivity contribution is 5.85. The first-order chi connectivity index (χ1) is 8.47. The molecule has 0 bridgehead atoms. The molecule has 96 valence electrons. The molecule has 18 heavy (non-hydrogen) atoms. The third kappa shape index (κ3) is 2.55. The predicted molar refractivity (Wildman–Crippen MR) is 72.9 cm³/mol. The number of aliphatic carboxylic acids is 1. The van der Waals surface area contributed by atoms with Gasteiger partial charge in [0.25, 0.3) is 0 Å². The number of nitrogens with zero attached hydrogens (tertiary/aromatic N) is 1. The maximum Gasteiger partial charge on any atom is 0.307 e. The lowest BCUT2D eigenvalue weighted by Crippen LogP contribution is -2.04. The van der Waals surface area contributed by atoms with Crippen LogP contribution in [0.15, 0.2) is 24.4 Å². The van der Waals surface area contributed by atoms with Gasteiger partial charge in [0, 0.05) is 23.6 Å². The van der Waals surface area contributed by atoms with Gasteiger partial charge in [0.05, 0.1) is 6.42 Å². The lowest BCUT2D eigenvalue weighted by molar-refractivity contribution is -0.136. The van der Waals surface area contributed by atoms with Gasteiger partial charge in [-0.15, -0.1) is 0 Å². The molecule has 0 unspecified atom stereocenters. The molecule has 1 N–H and O–H groups in total. The smallest absolute Gasteiger partial charge is 0.307 e. The van der Waals surface area contributed by atoms with E-state index in [-0.39, 0.29) is 6.42 Å². The van der Waals surface area contributed by atoms with Gasteiger partial charge in [0.1, 0.15) is 0 Å². The number of carbonyl (C=O) groups is 1. The first-order valence-electron chi connectivity index (χ1n) is 6.27. The van der Waals surface area contributed by atoms with Crippen molar-refractivity contribution in [2.45, 2.75) is 33.7 Å². The van der Waals surface area contributed by atoms with E-state index in [0.717, 1.165) is 17.6 Å². The highest BCUT2D eigenvalue weighted by atomic mass is 16.4. The topological polar surface area (TPSA) is 42.2 Å². The summed E-state index contributed by atoms with van der Waals surface area (Å²) in [4.78, 5) is 10.8. The Kier molecular flexibility index (Phi) is 3.41. The molecule has 1 aromatic carbocycles. The van der Waals surface area contributed by atoms with Crippen LogP contribution in [-0.2, 0) is 17.8 Å². The average Bonchev–Trinajstić information content (AvgIpc) is 2.54. The highest BCUT2D eigenvalue weighted by Crippen LogP contribution is 2.23. The summed E-state index contributed by atoms with van der Waals surface area (Å²) in [5.74, 6) is -0.212. The van der Waals surface area contributed by atoms with Crippen LogP contribution >= 0.6 is 0 Å². The number of carboxylic acids is 1. The molecule has 0 atom stereocenters. The van der Waals surface area contributed by atoms with Gasteiger partial charge in [-0.2, -0.15) is 0 Å². The van der Waals surface area contributed by atoms with Gasteiger partial charge in [0.15, 0.2) is 0 Å². The van der Waals surface area contributed by atoms with Crippen molar-refractivity contribution in [1.29, 1.82) is 0 Å². The highest BCUT2D eigenvalue weighted by Gasteiger charge is 2.09. The van der Waals surface area contributed by atoms with Gasteiger partial charge in [-0.1, -0.05) is 26.0 Å². The van der Waals surface area contributed by atoms with Gasteiger partial charge < -0.3 is 9.67 Å². The first kappa shape index (κ1) is 12.7. The summed E-state index contributed by atoms with van der Waals surface area (Å²) in [5.41, 5.74) is 3.24. The van der Waals surface area contributed by atoms with Crippen molar-refractivity contribution in [3.63, 3.8) is 0 Å². The molecular weight excluding hydrogens is 226 g/mol.